The molecule has 2 N–H and O–H groups in total. The second kappa shape index (κ2) is 7.19. The Balaban J connectivity index is 1.67. The molecule has 0 aromatic heterocycles. The first-order valence-electron chi connectivity index (χ1n) is 6.99. The maximum atomic E-state index is 11.6. The highest BCUT2D eigenvalue weighted by Gasteiger charge is 2.28. The normalized spacial score (nSPS) is 19.6. The minimum Gasteiger partial charge on any atom is -0.491 e. The third kappa shape index (κ3) is 5.06. The number of rotatable bonds is 5. The fraction of sp³-hybridized carbons (Fsp3) is 0.500. The first-order chi connectivity index (χ1) is 10.4. The SMILES string of the molecule is Cc1cc(Cl)ccc1OCCNC(=O)NC1CCS(=O)(=O)C1. The summed E-state index contributed by atoms with van der Waals surface area (Å²) in [5, 5.41) is 5.94. The molecule has 0 radical (unpaired) electrons. The molecule has 1 aliphatic heterocycles. The third-order valence-electron chi connectivity index (χ3n) is 3.35. The Morgan fingerprint density at radius 3 is 2.86 bits per heavy atom. The Labute approximate surface area is 135 Å². The van der Waals surface area contributed by atoms with Gasteiger partial charge in [0.2, 0.25) is 0 Å². The van der Waals surface area contributed by atoms with Crippen LogP contribution in [0, 0.1) is 6.92 Å². The lowest BCUT2D eigenvalue weighted by Gasteiger charge is -2.13. The van der Waals surface area contributed by atoms with Crippen molar-refractivity contribution in [2.45, 2.75) is 19.4 Å². The van der Waals surface area contributed by atoms with Gasteiger partial charge in [-0.05, 0) is 37.1 Å². The summed E-state index contributed by atoms with van der Waals surface area (Å²) in [6.07, 6.45) is 0.468. The number of carbonyl (C=O) groups is 1. The summed E-state index contributed by atoms with van der Waals surface area (Å²) >= 11 is 5.86. The standard InChI is InChI=1S/C14H19ClN2O4S/c1-10-8-11(15)2-3-13(10)21-6-5-16-14(18)17-12-4-7-22(19,20)9-12/h2-3,8,12H,4-7,9H2,1H3,(H2,16,17,18). The van der Waals surface area contributed by atoms with E-state index in [1.807, 2.05) is 6.92 Å². The van der Waals surface area contributed by atoms with Gasteiger partial charge < -0.3 is 15.4 Å². The fourth-order valence-electron chi connectivity index (χ4n) is 2.25. The maximum Gasteiger partial charge on any atom is 0.315 e. The minimum atomic E-state index is -2.99. The molecule has 0 aliphatic carbocycles. The number of benzene rings is 1. The summed E-state index contributed by atoms with van der Waals surface area (Å²) < 4.78 is 28.1. The van der Waals surface area contributed by atoms with Gasteiger partial charge in [0.25, 0.3) is 0 Å². The van der Waals surface area contributed by atoms with E-state index in [0.717, 1.165) is 5.56 Å². The number of sulfone groups is 1. The van der Waals surface area contributed by atoms with Gasteiger partial charge in [0.15, 0.2) is 9.84 Å². The lowest BCUT2D eigenvalue weighted by Crippen LogP contribution is -2.43. The highest BCUT2D eigenvalue weighted by atomic mass is 35.5. The number of urea groups is 1. The summed E-state index contributed by atoms with van der Waals surface area (Å²) in [6, 6.07) is 4.64. The van der Waals surface area contributed by atoms with Gasteiger partial charge in [-0.25, -0.2) is 13.2 Å². The predicted octanol–water partition coefficient (Wildman–Crippen LogP) is 1.51. The van der Waals surface area contributed by atoms with Crippen molar-refractivity contribution in [3.63, 3.8) is 0 Å². The number of hydrogen-bond acceptors (Lipinski definition) is 4. The summed E-state index contributed by atoms with van der Waals surface area (Å²) in [7, 11) is -2.99. The average Bonchev–Trinajstić information content (AvgIpc) is 2.76. The number of aryl methyl sites for hydroxylation is 1. The molecular weight excluding hydrogens is 328 g/mol. The summed E-state index contributed by atoms with van der Waals surface area (Å²) in [5.41, 5.74) is 0.924. The largest absolute Gasteiger partial charge is 0.491 e. The molecule has 1 unspecified atom stereocenters. The molecule has 0 saturated carbocycles. The van der Waals surface area contributed by atoms with Crippen molar-refractivity contribution in [2.24, 2.45) is 0 Å². The monoisotopic (exact) mass is 346 g/mol. The van der Waals surface area contributed by atoms with Crippen LogP contribution in [0.4, 0.5) is 4.79 Å². The Kier molecular flexibility index (Phi) is 5.52. The van der Waals surface area contributed by atoms with Gasteiger partial charge in [-0.1, -0.05) is 11.6 Å². The van der Waals surface area contributed by atoms with Gasteiger partial charge in [0, 0.05) is 11.1 Å². The summed E-state index contributed by atoms with van der Waals surface area (Å²) in [5.74, 6) is 0.867. The van der Waals surface area contributed by atoms with E-state index in [1.54, 1.807) is 18.2 Å². The molecule has 1 fully saturated rings. The van der Waals surface area contributed by atoms with E-state index in [2.05, 4.69) is 10.6 Å². The van der Waals surface area contributed by atoms with Crippen LogP contribution in [0.15, 0.2) is 18.2 Å². The van der Waals surface area contributed by atoms with Crippen LogP contribution in [0.25, 0.3) is 0 Å². The average molecular weight is 347 g/mol. The van der Waals surface area contributed by atoms with E-state index in [1.165, 1.54) is 0 Å². The lowest BCUT2D eigenvalue weighted by atomic mass is 10.2. The van der Waals surface area contributed by atoms with Crippen molar-refractivity contribution < 1.29 is 17.9 Å². The van der Waals surface area contributed by atoms with Crippen LogP contribution in [-0.2, 0) is 9.84 Å². The van der Waals surface area contributed by atoms with Gasteiger partial charge in [-0.15, -0.1) is 0 Å². The Morgan fingerprint density at radius 1 is 1.45 bits per heavy atom. The zero-order chi connectivity index (χ0) is 16.2. The number of halogens is 1. The molecule has 1 aliphatic rings. The van der Waals surface area contributed by atoms with Crippen molar-refractivity contribution >= 4 is 27.5 Å². The molecule has 1 aromatic rings. The topological polar surface area (TPSA) is 84.5 Å². The van der Waals surface area contributed by atoms with Crippen LogP contribution in [0.3, 0.4) is 0 Å². The van der Waals surface area contributed by atoms with E-state index in [4.69, 9.17) is 16.3 Å². The van der Waals surface area contributed by atoms with E-state index in [-0.39, 0.29) is 23.6 Å². The van der Waals surface area contributed by atoms with E-state index < -0.39 is 9.84 Å². The van der Waals surface area contributed by atoms with Crippen LogP contribution in [-0.4, -0.2) is 45.1 Å². The van der Waals surface area contributed by atoms with E-state index in [0.29, 0.717) is 30.3 Å². The molecule has 0 spiro atoms. The minimum absolute atomic E-state index is 0.0148. The van der Waals surface area contributed by atoms with Crippen molar-refractivity contribution in [1.29, 1.82) is 0 Å². The van der Waals surface area contributed by atoms with Gasteiger partial charge in [-0.3, -0.25) is 0 Å². The number of hydrogen-bond donors (Lipinski definition) is 2. The second-order valence-corrected chi connectivity index (χ2v) is 7.92. The number of carbonyl (C=O) groups excluding carboxylic acids is 1. The van der Waals surface area contributed by atoms with E-state index >= 15 is 0 Å². The van der Waals surface area contributed by atoms with E-state index in [9.17, 15) is 13.2 Å². The lowest BCUT2D eigenvalue weighted by molar-refractivity contribution is 0.233. The second-order valence-electron chi connectivity index (χ2n) is 5.26. The highest BCUT2D eigenvalue weighted by molar-refractivity contribution is 7.91. The van der Waals surface area contributed by atoms with Crippen LogP contribution in [0.1, 0.15) is 12.0 Å². The quantitative estimate of drug-likeness (QED) is 0.791. The molecule has 2 amide bonds. The molecule has 1 saturated heterocycles. The molecule has 1 atom stereocenters. The molecular formula is C14H19ClN2O4S. The number of nitrogens with one attached hydrogen (secondary N) is 2. The van der Waals surface area contributed by atoms with Crippen molar-refractivity contribution in [3.05, 3.63) is 28.8 Å². The molecule has 122 valence electrons. The molecule has 1 aromatic carbocycles. The van der Waals surface area contributed by atoms with Gasteiger partial charge >= 0.3 is 6.03 Å². The maximum absolute atomic E-state index is 11.6. The molecule has 1 heterocycles. The fourth-order valence-corrected chi connectivity index (χ4v) is 4.15. The van der Waals surface area contributed by atoms with Crippen molar-refractivity contribution in [2.75, 3.05) is 24.7 Å². The number of ether oxygens (including phenoxy) is 1. The van der Waals surface area contributed by atoms with Crippen LogP contribution < -0.4 is 15.4 Å². The molecule has 2 rings (SSSR count). The van der Waals surface area contributed by atoms with Crippen LogP contribution in [0.5, 0.6) is 5.75 Å². The van der Waals surface area contributed by atoms with Gasteiger partial charge in [0.1, 0.15) is 12.4 Å². The predicted molar refractivity (Wildman–Crippen MR) is 85.3 cm³/mol. The molecule has 0 bridgehead atoms. The van der Waals surface area contributed by atoms with Crippen LogP contribution in [0.2, 0.25) is 5.02 Å². The zero-order valence-electron chi connectivity index (χ0n) is 12.3. The smallest absolute Gasteiger partial charge is 0.315 e. The third-order valence-corrected chi connectivity index (χ3v) is 5.35. The van der Waals surface area contributed by atoms with Gasteiger partial charge in [0.05, 0.1) is 18.1 Å². The number of amides is 2. The Hall–Kier alpha value is -1.47. The summed E-state index contributed by atoms with van der Waals surface area (Å²) in [6.45, 7) is 2.54. The molecule has 6 nitrogen and oxygen atoms in total. The Bertz CT molecular complexity index is 648. The van der Waals surface area contributed by atoms with Crippen LogP contribution >= 0.6 is 11.6 Å². The first kappa shape index (κ1) is 16.9. The first-order valence-corrected chi connectivity index (χ1v) is 9.19. The zero-order valence-corrected chi connectivity index (χ0v) is 13.8. The summed E-state index contributed by atoms with van der Waals surface area (Å²) in [4.78, 5) is 11.6. The van der Waals surface area contributed by atoms with Crippen molar-refractivity contribution in [1.82, 2.24) is 10.6 Å². The van der Waals surface area contributed by atoms with Gasteiger partial charge in [-0.2, -0.15) is 0 Å². The highest BCUT2D eigenvalue weighted by Crippen LogP contribution is 2.21. The van der Waals surface area contributed by atoms with Crippen molar-refractivity contribution in [3.8, 4) is 5.75 Å². The molecule has 8 heteroatoms. The molecule has 22 heavy (non-hydrogen) atoms. The Morgan fingerprint density at radius 2 is 2.23 bits per heavy atom.